The van der Waals surface area contributed by atoms with Crippen molar-refractivity contribution in [2.24, 2.45) is 0 Å². The summed E-state index contributed by atoms with van der Waals surface area (Å²) >= 11 is 3.46. The third kappa shape index (κ3) is 5.50. The Morgan fingerprint density at radius 3 is 2.62 bits per heavy atom. The monoisotopic (exact) mass is 462 g/mol. The standard InChI is InChI=1S/C22H27BrN2O4/c1-15(22(26)24-13-16-4-9-19(27-2)20(12-16)28-3)25-10-11-29-21(14-25)17-5-7-18(23)8-6-17/h4-9,12,15,21H,10-11,13-14H2,1-3H3,(H,24,26). The van der Waals surface area contributed by atoms with E-state index in [1.54, 1.807) is 14.2 Å². The zero-order valence-corrected chi connectivity index (χ0v) is 18.6. The minimum Gasteiger partial charge on any atom is -0.493 e. The van der Waals surface area contributed by atoms with Crippen LogP contribution in [-0.4, -0.2) is 50.8 Å². The number of morpholine rings is 1. The molecule has 2 aromatic rings. The molecule has 0 aromatic heterocycles. The van der Waals surface area contributed by atoms with Crippen molar-refractivity contribution in [2.45, 2.75) is 25.6 Å². The topological polar surface area (TPSA) is 60.0 Å². The molecular weight excluding hydrogens is 436 g/mol. The molecule has 3 rings (SSSR count). The number of amides is 1. The Hall–Kier alpha value is -2.09. The first kappa shape index (κ1) is 21.6. The van der Waals surface area contributed by atoms with Crippen molar-refractivity contribution in [3.63, 3.8) is 0 Å². The van der Waals surface area contributed by atoms with Crippen LogP contribution in [0.4, 0.5) is 0 Å². The molecule has 0 bridgehead atoms. The summed E-state index contributed by atoms with van der Waals surface area (Å²) in [5.41, 5.74) is 2.08. The van der Waals surface area contributed by atoms with E-state index in [-0.39, 0.29) is 18.1 Å². The van der Waals surface area contributed by atoms with Crippen molar-refractivity contribution >= 4 is 21.8 Å². The van der Waals surface area contributed by atoms with Gasteiger partial charge in [-0.2, -0.15) is 0 Å². The molecule has 29 heavy (non-hydrogen) atoms. The predicted molar refractivity (Wildman–Crippen MR) is 115 cm³/mol. The van der Waals surface area contributed by atoms with Crippen molar-refractivity contribution in [1.29, 1.82) is 0 Å². The van der Waals surface area contributed by atoms with Gasteiger partial charge in [0.2, 0.25) is 5.91 Å². The van der Waals surface area contributed by atoms with Gasteiger partial charge in [0, 0.05) is 24.1 Å². The summed E-state index contributed by atoms with van der Waals surface area (Å²) in [6.07, 6.45) is -0.0297. The molecule has 2 aromatic carbocycles. The number of nitrogens with one attached hydrogen (secondary N) is 1. The fourth-order valence-corrected chi connectivity index (χ4v) is 3.66. The molecule has 6 nitrogen and oxygen atoms in total. The summed E-state index contributed by atoms with van der Waals surface area (Å²) in [6.45, 7) is 4.40. The number of rotatable bonds is 7. The van der Waals surface area contributed by atoms with Crippen LogP contribution in [0.1, 0.15) is 24.2 Å². The molecule has 7 heteroatoms. The van der Waals surface area contributed by atoms with Crippen molar-refractivity contribution in [2.75, 3.05) is 33.9 Å². The van der Waals surface area contributed by atoms with Crippen LogP contribution in [0.2, 0.25) is 0 Å². The molecule has 0 aliphatic carbocycles. The zero-order valence-electron chi connectivity index (χ0n) is 17.0. The van der Waals surface area contributed by atoms with Gasteiger partial charge >= 0.3 is 0 Å². The predicted octanol–water partition coefficient (Wildman–Crippen LogP) is 3.54. The van der Waals surface area contributed by atoms with E-state index in [0.717, 1.165) is 22.1 Å². The van der Waals surface area contributed by atoms with E-state index >= 15 is 0 Å². The molecule has 2 atom stereocenters. The van der Waals surface area contributed by atoms with Gasteiger partial charge in [-0.25, -0.2) is 0 Å². The van der Waals surface area contributed by atoms with Crippen molar-refractivity contribution in [3.05, 3.63) is 58.1 Å². The lowest BCUT2D eigenvalue weighted by Gasteiger charge is -2.36. The Morgan fingerprint density at radius 1 is 1.21 bits per heavy atom. The molecule has 2 unspecified atom stereocenters. The molecule has 0 saturated carbocycles. The maximum atomic E-state index is 12.7. The number of nitrogens with zero attached hydrogens (tertiary/aromatic N) is 1. The minimum absolute atomic E-state index is 0.00348. The number of methoxy groups -OCH3 is 2. The van der Waals surface area contributed by atoms with Crippen LogP contribution in [0.25, 0.3) is 0 Å². The molecule has 156 valence electrons. The SMILES string of the molecule is COc1ccc(CNC(=O)C(C)N2CCOC(c3ccc(Br)cc3)C2)cc1OC. The van der Waals surface area contributed by atoms with E-state index in [0.29, 0.717) is 31.2 Å². The number of hydrogen-bond acceptors (Lipinski definition) is 5. The molecular formula is C22H27BrN2O4. The maximum Gasteiger partial charge on any atom is 0.237 e. The zero-order chi connectivity index (χ0) is 20.8. The average Bonchev–Trinajstić information content (AvgIpc) is 2.77. The smallest absolute Gasteiger partial charge is 0.237 e. The first-order chi connectivity index (χ1) is 14.0. The second-order valence-electron chi connectivity index (χ2n) is 6.99. The van der Waals surface area contributed by atoms with Gasteiger partial charge in [0.1, 0.15) is 0 Å². The Labute approximate surface area is 180 Å². The van der Waals surface area contributed by atoms with E-state index in [4.69, 9.17) is 14.2 Å². The van der Waals surface area contributed by atoms with Gasteiger partial charge in [0.05, 0.1) is 33.0 Å². The summed E-state index contributed by atoms with van der Waals surface area (Å²) in [5, 5.41) is 3.02. The summed E-state index contributed by atoms with van der Waals surface area (Å²) < 4.78 is 17.5. The Morgan fingerprint density at radius 2 is 1.93 bits per heavy atom. The third-order valence-corrected chi connectivity index (χ3v) is 5.71. The second-order valence-corrected chi connectivity index (χ2v) is 7.90. The number of carbonyl (C=O) groups excluding carboxylic acids is 1. The molecule has 0 spiro atoms. The second kappa shape index (κ2) is 10.1. The van der Waals surface area contributed by atoms with Gasteiger partial charge in [-0.3, -0.25) is 9.69 Å². The summed E-state index contributed by atoms with van der Waals surface area (Å²) in [4.78, 5) is 14.9. The number of carbonyl (C=O) groups is 1. The summed E-state index contributed by atoms with van der Waals surface area (Å²) in [6, 6.07) is 13.5. The van der Waals surface area contributed by atoms with Crippen LogP contribution in [0.15, 0.2) is 46.9 Å². The normalized spacial score (nSPS) is 18.1. The van der Waals surface area contributed by atoms with Crippen LogP contribution in [0, 0.1) is 0 Å². The first-order valence-electron chi connectivity index (χ1n) is 9.61. The number of benzene rings is 2. The summed E-state index contributed by atoms with van der Waals surface area (Å²) in [5.74, 6) is 1.32. The lowest BCUT2D eigenvalue weighted by molar-refractivity contribution is -0.129. The first-order valence-corrected chi connectivity index (χ1v) is 10.4. The molecule has 1 heterocycles. The fourth-order valence-electron chi connectivity index (χ4n) is 3.39. The third-order valence-electron chi connectivity index (χ3n) is 5.18. The highest BCUT2D eigenvalue weighted by atomic mass is 79.9. The minimum atomic E-state index is -0.239. The van der Waals surface area contributed by atoms with Crippen molar-refractivity contribution < 1.29 is 19.0 Å². The van der Waals surface area contributed by atoms with Gasteiger partial charge < -0.3 is 19.5 Å². The van der Waals surface area contributed by atoms with E-state index in [1.165, 1.54) is 0 Å². The average molecular weight is 463 g/mol. The van der Waals surface area contributed by atoms with Crippen molar-refractivity contribution in [3.8, 4) is 11.5 Å². The molecule has 1 fully saturated rings. The fraction of sp³-hybridized carbons (Fsp3) is 0.409. The highest BCUT2D eigenvalue weighted by molar-refractivity contribution is 9.10. The Balaban J connectivity index is 1.57. The van der Waals surface area contributed by atoms with Gasteiger partial charge in [-0.1, -0.05) is 34.1 Å². The molecule has 1 amide bonds. The van der Waals surface area contributed by atoms with Crippen LogP contribution >= 0.6 is 15.9 Å². The van der Waals surface area contributed by atoms with E-state index in [9.17, 15) is 4.79 Å². The molecule has 1 saturated heterocycles. The lowest BCUT2D eigenvalue weighted by atomic mass is 10.1. The van der Waals surface area contributed by atoms with Gasteiger partial charge in [-0.15, -0.1) is 0 Å². The molecule has 1 N–H and O–H groups in total. The van der Waals surface area contributed by atoms with Crippen LogP contribution in [-0.2, 0) is 16.1 Å². The van der Waals surface area contributed by atoms with Crippen LogP contribution in [0.5, 0.6) is 11.5 Å². The van der Waals surface area contributed by atoms with E-state index in [1.807, 2.05) is 37.3 Å². The quantitative estimate of drug-likeness (QED) is 0.681. The Bertz CT molecular complexity index is 828. The van der Waals surface area contributed by atoms with Gasteiger partial charge in [0.15, 0.2) is 11.5 Å². The largest absolute Gasteiger partial charge is 0.493 e. The van der Waals surface area contributed by atoms with Gasteiger partial charge in [0.25, 0.3) is 0 Å². The summed E-state index contributed by atoms with van der Waals surface area (Å²) in [7, 11) is 3.20. The van der Waals surface area contributed by atoms with E-state index in [2.05, 4.69) is 38.3 Å². The Kier molecular flexibility index (Phi) is 7.52. The maximum absolute atomic E-state index is 12.7. The highest BCUT2D eigenvalue weighted by Gasteiger charge is 2.28. The number of ether oxygens (including phenoxy) is 3. The number of hydrogen-bond donors (Lipinski definition) is 1. The number of halogens is 1. The van der Waals surface area contributed by atoms with E-state index < -0.39 is 0 Å². The van der Waals surface area contributed by atoms with Crippen LogP contribution in [0.3, 0.4) is 0 Å². The van der Waals surface area contributed by atoms with Crippen LogP contribution < -0.4 is 14.8 Å². The van der Waals surface area contributed by atoms with Gasteiger partial charge in [-0.05, 0) is 42.3 Å². The molecule has 0 radical (unpaired) electrons. The molecule has 1 aliphatic rings. The molecule has 1 aliphatic heterocycles. The highest BCUT2D eigenvalue weighted by Crippen LogP contribution is 2.28. The lowest BCUT2D eigenvalue weighted by Crippen LogP contribution is -2.50. The van der Waals surface area contributed by atoms with Crippen molar-refractivity contribution in [1.82, 2.24) is 10.2 Å².